The maximum Gasteiger partial charge on any atom is 0.282 e. The molecule has 3 aromatic rings. The number of aromatic amines is 1. The van der Waals surface area contributed by atoms with E-state index < -0.39 is 4.92 Å². The number of nitro groups is 1. The van der Waals surface area contributed by atoms with Gasteiger partial charge in [0, 0.05) is 17.2 Å². The van der Waals surface area contributed by atoms with Crippen LogP contribution in [0, 0.1) is 21.8 Å². The van der Waals surface area contributed by atoms with E-state index in [-0.39, 0.29) is 16.0 Å². The van der Waals surface area contributed by atoms with Gasteiger partial charge in [0.05, 0.1) is 22.0 Å². The summed E-state index contributed by atoms with van der Waals surface area (Å²) in [6.45, 7) is 1.66. The third-order valence-corrected chi connectivity index (χ3v) is 3.81. The van der Waals surface area contributed by atoms with Gasteiger partial charge >= 0.3 is 0 Å². The van der Waals surface area contributed by atoms with Crippen LogP contribution in [-0.4, -0.2) is 20.8 Å². The molecule has 0 aliphatic carbocycles. The second-order valence-corrected chi connectivity index (χ2v) is 5.53. The fraction of sp³-hybridized carbons (Fsp3) is 0.0625. The Morgan fingerprint density at radius 1 is 1.29 bits per heavy atom. The third-order valence-electron chi connectivity index (χ3n) is 3.54. The Bertz CT molecular complexity index is 1100. The lowest BCUT2D eigenvalue weighted by Crippen LogP contribution is -2.18. The largest absolute Gasteiger partial charge is 0.330 e. The molecule has 0 unspecified atom stereocenters. The molecule has 120 valence electrons. The first-order valence-corrected chi connectivity index (χ1v) is 7.41. The average Bonchev–Trinajstić information content (AvgIpc) is 2.55. The predicted octanol–water partition coefficient (Wildman–Crippen LogP) is 3.16. The minimum Gasteiger partial charge on any atom is -0.330 e. The van der Waals surface area contributed by atoms with Gasteiger partial charge in [-0.1, -0.05) is 24.3 Å². The molecule has 1 heterocycles. The van der Waals surface area contributed by atoms with Crippen molar-refractivity contribution in [2.45, 2.75) is 6.92 Å². The van der Waals surface area contributed by atoms with Gasteiger partial charge in [0.15, 0.2) is 0 Å². The molecule has 0 spiro atoms. The summed E-state index contributed by atoms with van der Waals surface area (Å²) in [4.78, 5) is 25.9. The smallest absolute Gasteiger partial charge is 0.282 e. The van der Waals surface area contributed by atoms with Crippen molar-refractivity contribution in [2.24, 2.45) is 5.10 Å². The molecule has 7 nitrogen and oxygen atoms in total. The Morgan fingerprint density at radius 2 is 2.04 bits per heavy atom. The van der Waals surface area contributed by atoms with E-state index in [9.17, 15) is 14.9 Å². The van der Waals surface area contributed by atoms with E-state index in [1.807, 2.05) is 0 Å². The summed E-state index contributed by atoms with van der Waals surface area (Å²) in [5, 5.41) is 15.5. The molecule has 0 bridgehead atoms. The Labute approximate surface area is 141 Å². The number of nitro benzene ring substituents is 1. The van der Waals surface area contributed by atoms with Crippen molar-refractivity contribution in [3.05, 3.63) is 78.8 Å². The lowest BCUT2D eigenvalue weighted by atomic mass is 10.1. The standard InChI is InChI=1S/C16H12N4O3S/c1-10-6-7-11(8-14(10)20(22)23)9-17-19-15(21)12-4-2-3-5-13(12)18-16(19)24/h2-9H,1H3,(H,18,24)/b17-9-. The monoisotopic (exact) mass is 340 g/mol. The zero-order valence-corrected chi connectivity index (χ0v) is 13.4. The molecule has 1 N–H and O–H groups in total. The van der Waals surface area contributed by atoms with Gasteiger partial charge in [0.25, 0.3) is 11.2 Å². The summed E-state index contributed by atoms with van der Waals surface area (Å²) in [6.07, 6.45) is 1.37. The van der Waals surface area contributed by atoms with Crippen LogP contribution in [0.15, 0.2) is 52.4 Å². The molecule has 0 aliphatic rings. The van der Waals surface area contributed by atoms with E-state index in [4.69, 9.17) is 12.2 Å². The number of benzene rings is 2. The SMILES string of the molecule is Cc1ccc(/C=N\n2c(=S)[nH]c3ccccc3c2=O)cc1[N+](=O)[O-]. The number of nitrogens with one attached hydrogen (secondary N) is 1. The van der Waals surface area contributed by atoms with Crippen molar-refractivity contribution >= 4 is 35.0 Å². The fourth-order valence-corrected chi connectivity index (χ4v) is 2.53. The van der Waals surface area contributed by atoms with Gasteiger partial charge in [-0.2, -0.15) is 9.78 Å². The maximum absolute atomic E-state index is 12.5. The molecule has 0 saturated carbocycles. The first-order chi connectivity index (χ1) is 11.5. The van der Waals surface area contributed by atoms with Crippen molar-refractivity contribution in [1.82, 2.24) is 9.66 Å². The lowest BCUT2D eigenvalue weighted by molar-refractivity contribution is -0.385. The van der Waals surface area contributed by atoms with E-state index in [0.717, 1.165) is 4.68 Å². The van der Waals surface area contributed by atoms with Crippen LogP contribution in [0.1, 0.15) is 11.1 Å². The van der Waals surface area contributed by atoms with E-state index in [1.165, 1.54) is 12.3 Å². The molecule has 1 aromatic heterocycles. The quantitative estimate of drug-likeness (QED) is 0.343. The summed E-state index contributed by atoms with van der Waals surface area (Å²) >= 11 is 5.16. The highest BCUT2D eigenvalue weighted by molar-refractivity contribution is 7.71. The van der Waals surface area contributed by atoms with Crippen LogP contribution in [0.5, 0.6) is 0 Å². The zero-order valence-electron chi connectivity index (χ0n) is 12.6. The molecule has 0 atom stereocenters. The third kappa shape index (κ3) is 2.86. The first-order valence-electron chi connectivity index (χ1n) is 7.01. The van der Waals surface area contributed by atoms with Gasteiger partial charge in [-0.3, -0.25) is 14.9 Å². The van der Waals surface area contributed by atoms with Crippen molar-refractivity contribution in [1.29, 1.82) is 0 Å². The molecule has 0 fully saturated rings. The minimum absolute atomic E-state index is 0.00466. The van der Waals surface area contributed by atoms with Gasteiger partial charge in [0.2, 0.25) is 4.77 Å². The summed E-state index contributed by atoms with van der Waals surface area (Å²) in [5.74, 6) is 0. The maximum atomic E-state index is 12.5. The molecule has 0 aliphatic heterocycles. The fourth-order valence-electron chi connectivity index (χ4n) is 2.29. The van der Waals surface area contributed by atoms with Crippen molar-refractivity contribution in [2.75, 3.05) is 0 Å². The van der Waals surface area contributed by atoms with E-state index in [1.54, 1.807) is 43.3 Å². The highest BCUT2D eigenvalue weighted by Crippen LogP contribution is 2.18. The summed E-state index contributed by atoms with van der Waals surface area (Å²) in [6, 6.07) is 11.7. The molecule has 0 amide bonds. The number of nitrogens with zero attached hydrogens (tertiary/aromatic N) is 3. The van der Waals surface area contributed by atoms with Gasteiger partial charge in [-0.25, -0.2) is 0 Å². The van der Waals surface area contributed by atoms with Gasteiger partial charge in [0.1, 0.15) is 0 Å². The molecule has 8 heteroatoms. The normalized spacial score (nSPS) is 11.2. The van der Waals surface area contributed by atoms with Crippen LogP contribution in [0.2, 0.25) is 0 Å². The molecule has 0 radical (unpaired) electrons. The van der Waals surface area contributed by atoms with Gasteiger partial charge in [-0.05, 0) is 31.3 Å². The highest BCUT2D eigenvalue weighted by atomic mass is 32.1. The van der Waals surface area contributed by atoms with Crippen molar-refractivity contribution in [3.63, 3.8) is 0 Å². The average molecular weight is 340 g/mol. The van der Waals surface area contributed by atoms with Crippen LogP contribution in [-0.2, 0) is 0 Å². The Morgan fingerprint density at radius 3 is 2.79 bits per heavy atom. The predicted molar refractivity (Wildman–Crippen MR) is 94.2 cm³/mol. The molecule has 3 rings (SSSR count). The van der Waals surface area contributed by atoms with E-state index in [2.05, 4.69) is 10.1 Å². The van der Waals surface area contributed by atoms with Crippen molar-refractivity contribution < 1.29 is 4.92 Å². The highest BCUT2D eigenvalue weighted by Gasteiger charge is 2.10. The summed E-state index contributed by atoms with van der Waals surface area (Å²) in [7, 11) is 0. The second kappa shape index (κ2) is 6.17. The topological polar surface area (TPSA) is 93.3 Å². The van der Waals surface area contributed by atoms with Crippen LogP contribution in [0.4, 0.5) is 5.69 Å². The van der Waals surface area contributed by atoms with Crippen LogP contribution < -0.4 is 5.56 Å². The number of aryl methyl sites for hydroxylation is 1. The number of hydrogen-bond donors (Lipinski definition) is 1. The second-order valence-electron chi connectivity index (χ2n) is 5.14. The van der Waals surface area contributed by atoms with Crippen LogP contribution in [0.3, 0.4) is 0 Å². The van der Waals surface area contributed by atoms with Crippen LogP contribution >= 0.6 is 12.2 Å². The number of fused-ring (bicyclic) bond motifs is 1. The number of hydrogen-bond acceptors (Lipinski definition) is 5. The summed E-state index contributed by atoms with van der Waals surface area (Å²) in [5.41, 5.74) is 1.33. The number of para-hydroxylation sites is 1. The van der Waals surface area contributed by atoms with E-state index >= 15 is 0 Å². The lowest BCUT2D eigenvalue weighted by Gasteiger charge is -2.02. The molecular weight excluding hydrogens is 328 g/mol. The first kappa shape index (κ1) is 15.8. The number of H-pyrrole nitrogens is 1. The molecule has 2 aromatic carbocycles. The Balaban J connectivity index is 2.09. The molecular formula is C16H12N4O3S. The van der Waals surface area contributed by atoms with Gasteiger partial charge in [-0.15, -0.1) is 0 Å². The number of rotatable bonds is 3. The minimum atomic E-state index is -0.457. The van der Waals surface area contributed by atoms with Gasteiger partial charge < -0.3 is 4.98 Å². The zero-order chi connectivity index (χ0) is 17.3. The Kier molecular flexibility index (Phi) is 4.05. The van der Waals surface area contributed by atoms with Crippen molar-refractivity contribution in [3.8, 4) is 0 Å². The van der Waals surface area contributed by atoms with E-state index in [0.29, 0.717) is 22.0 Å². The molecule has 0 saturated heterocycles. The van der Waals surface area contributed by atoms with Crippen LogP contribution in [0.25, 0.3) is 10.9 Å². The molecule has 24 heavy (non-hydrogen) atoms. The number of aromatic nitrogens is 2. The Hall–Kier alpha value is -3.13. The summed E-state index contributed by atoms with van der Waals surface area (Å²) < 4.78 is 1.21.